The quantitative estimate of drug-likeness (QED) is 0.787. The van der Waals surface area contributed by atoms with Gasteiger partial charge in [0.2, 0.25) is 0 Å². The number of piperazine rings is 1. The van der Waals surface area contributed by atoms with Crippen LogP contribution in [-0.4, -0.2) is 56.0 Å². The molecule has 0 aliphatic carbocycles. The van der Waals surface area contributed by atoms with Crippen LogP contribution in [0.25, 0.3) is 0 Å². The van der Waals surface area contributed by atoms with Gasteiger partial charge in [0.1, 0.15) is 0 Å². The largest absolute Gasteiger partial charge is 0.311 e. The van der Waals surface area contributed by atoms with E-state index in [1.807, 2.05) is 0 Å². The maximum atomic E-state index is 11.5. The summed E-state index contributed by atoms with van der Waals surface area (Å²) >= 11 is 0. The second-order valence-corrected chi connectivity index (χ2v) is 7.75. The van der Waals surface area contributed by atoms with Crippen molar-refractivity contribution in [1.29, 1.82) is 0 Å². The fourth-order valence-electron chi connectivity index (χ4n) is 1.97. The van der Waals surface area contributed by atoms with Crippen molar-refractivity contribution in [2.75, 3.05) is 31.1 Å². The minimum absolute atomic E-state index is 0.0514. The van der Waals surface area contributed by atoms with Crippen molar-refractivity contribution in [1.82, 2.24) is 10.2 Å². The molecule has 4 nitrogen and oxygen atoms in total. The lowest BCUT2D eigenvalue weighted by Crippen LogP contribution is -2.61. The summed E-state index contributed by atoms with van der Waals surface area (Å²) in [6, 6.07) is 0.442. The first kappa shape index (κ1) is 13.9. The molecule has 1 rings (SSSR count). The number of hydrogen-bond donors (Lipinski definition) is 1. The van der Waals surface area contributed by atoms with Crippen LogP contribution in [-0.2, 0) is 9.84 Å². The van der Waals surface area contributed by atoms with Gasteiger partial charge in [-0.05, 0) is 20.8 Å². The van der Waals surface area contributed by atoms with Gasteiger partial charge in [-0.1, -0.05) is 6.92 Å². The molecule has 1 fully saturated rings. The van der Waals surface area contributed by atoms with Crippen molar-refractivity contribution in [3.05, 3.63) is 0 Å². The van der Waals surface area contributed by atoms with E-state index in [2.05, 4.69) is 31.0 Å². The standard InChI is InChI=1S/C11H24N2O2S/c1-5-16(14,15)7-6-13-8-10(2)12-9-11(13,3)4/h10,12H,5-9H2,1-4H3. The summed E-state index contributed by atoms with van der Waals surface area (Å²) in [7, 11) is -2.85. The molecular weight excluding hydrogens is 224 g/mol. The first-order valence-electron chi connectivity index (χ1n) is 5.96. The monoisotopic (exact) mass is 248 g/mol. The molecular formula is C11H24N2O2S. The molecule has 0 aromatic heterocycles. The molecule has 16 heavy (non-hydrogen) atoms. The van der Waals surface area contributed by atoms with E-state index in [9.17, 15) is 8.42 Å². The van der Waals surface area contributed by atoms with Gasteiger partial charge in [0.15, 0.2) is 9.84 Å². The van der Waals surface area contributed by atoms with E-state index in [-0.39, 0.29) is 17.0 Å². The Bertz CT molecular complexity index is 325. The third kappa shape index (κ3) is 3.71. The van der Waals surface area contributed by atoms with Crippen molar-refractivity contribution in [2.24, 2.45) is 0 Å². The van der Waals surface area contributed by atoms with E-state index in [0.29, 0.717) is 12.6 Å². The maximum Gasteiger partial charge on any atom is 0.151 e. The summed E-state index contributed by atoms with van der Waals surface area (Å²) in [6.07, 6.45) is 0. The smallest absolute Gasteiger partial charge is 0.151 e. The van der Waals surface area contributed by atoms with E-state index in [1.165, 1.54) is 0 Å². The predicted octanol–water partition coefficient (Wildman–Crippen LogP) is 0.493. The molecule has 0 saturated carbocycles. The molecule has 1 unspecified atom stereocenters. The van der Waals surface area contributed by atoms with Gasteiger partial charge in [-0.3, -0.25) is 4.90 Å². The zero-order valence-corrected chi connectivity index (χ0v) is 11.6. The summed E-state index contributed by atoms with van der Waals surface area (Å²) in [5.41, 5.74) is 0.0514. The first-order chi connectivity index (χ1) is 7.27. The Hall–Kier alpha value is -0.130. The SMILES string of the molecule is CCS(=O)(=O)CCN1CC(C)NCC1(C)C. The zero-order valence-electron chi connectivity index (χ0n) is 10.8. The molecule has 1 aliphatic rings. The van der Waals surface area contributed by atoms with E-state index in [4.69, 9.17) is 0 Å². The molecule has 0 radical (unpaired) electrons. The molecule has 96 valence electrons. The van der Waals surface area contributed by atoms with Crippen LogP contribution in [0.15, 0.2) is 0 Å². The third-order valence-corrected chi connectivity index (χ3v) is 5.03. The van der Waals surface area contributed by atoms with Crippen LogP contribution in [0.2, 0.25) is 0 Å². The lowest BCUT2D eigenvalue weighted by Gasteiger charge is -2.45. The Morgan fingerprint density at radius 2 is 2.06 bits per heavy atom. The zero-order chi connectivity index (χ0) is 12.4. The highest BCUT2D eigenvalue weighted by atomic mass is 32.2. The number of sulfone groups is 1. The molecule has 1 atom stereocenters. The molecule has 1 N–H and O–H groups in total. The van der Waals surface area contributed by atoms with Crippen LogP contribution in [0.3, 0.4) is 0 Å². The van der Waals surface area contributed by atoms with Crippen molar-refractivity contribution in [2.45, 2.75) is 39.3 Å². The second kappa shape index (κ2) is 5.02. The Morgan fingerprint density at radius 3 is 2.62 bits per heavy atom. The number of nitrogens with one attached hydrogen (secondary N) is 1. The van der Waals surface area contributed by atoms with Crippen LogP contribution in [0.1, 0.15) is 27.7 Å². The van der Waals surface area contributed by atoms with E-state index in [1.54, 1.807) is 6.92 Å². The lowest BCUT2D eigenvalue weighted by atomic mass is 9.98. The summed E-state index contributed by atoms with van der Waals surface area (Å²) in [6.45, 7) is 10.6. The van der Waals surface area contributed by atoms with Crippen molar-refractivity contribution in [3.8, 4) is 0 Å². The fraction of sp³-hybridized carbons (Fsp3) is 1.00. The van der Waals surface area contributed by atoms with Crippen LogP contribution in [0.5, 0.6) is 0 Å². The second-order valence-electron chi connectivity index (χ2n) is 5.28. The van der Waals surface area contributed by atoms with E-state index < -0.39 is 9.84 Å². The predicted molar refractivity (Wildman–Crippen MR) is 67.4 cm³/mol. The van der Waals surface area contributed by atoms with Crippen molar-refractivity contribution in [3.63, 3.8) is 0 Å². The van der Waals surface area contributed by atoms with Gasteiger partial charge in [-0.25, -0.2) is 8.42 Å². The van der Waals surface area contributed by atoms with Gasteiger partial charge < -0.3 is 5.32 Å². The molecule has 0 spiro atoms. The summed E-state index contributed by atoms with van der Waals surface area (Å²) in [4.78, 5) is 2.28. The molecule has 1 aliphatic heterocycles. The number of rotatable bonds is 4. The number of nitrogens with zero attached hydrogens (tertiary/aromatic N) is 1. The van der Waals surface area contributed by atoms with Gasteiger partial charge >= 0.3 is 0 Å². The topological polar surface area (TPSA) is 49.4 Å². The summed E-state index contributed by atoms with van der Waals surface area (Å²) < 4.78 is 23.0. The van der Waals surface area contributed by atoms with Crippen molar-refractivity contribution >= 4 is 9.84 Å². The fourth-order valence-corrected chi connectivity index (χ4v) is 2.75. The normalized spacial score (nSPS) is 26.9. The van der Waals surface area contributed by atoms with E-state index in [0.717, 1.165) is 13.1 Å². The molecule has 1 saturated heterocycles. The number of hydrogen-bond acceptors (Lipinski definition) is 4. The Balaban J connectivity index is 2.57. The molecule has 0 amide bonds. The summed E-state index contributed by atoms with van der Waals surface area (Å²) in [5, 5.41) is 3.42. The van der Waals surface area contributed by atoms with Gasteiger partial charge in [-0.15, -0.1) is 0 Å². The Kier molecular flexibility index (Phi) is 4.37. The third-order valence-electron chi connectivity index (χ3n) is 3.35. The van der Waals surface area contributed by atoms with Gasteiger partial charge in [0.25, 0.3) is 0 Å². The van der Waals surface area contributed by atoms with Crippen molar-refractivity contribution < 1.29 is 8.42 Å². The van der Waals surface area contributed by atoms with Crippen LogP contribution in [0.4, 0.5) is 0 Å². The molecule has 0 aromatic rings. The van der Waals surface area contributed by atoms with Crippen LogP contribution < -0.4 is 5.32 Å². The average molecular weight is 248 g/mol. The van der Waals surface area contributed by atoms with Gasteiger partial charge in [0.05, 0.1) is 5.75 Å². The van der Waals surface area contributed by atoms with E-state index >= 15 is 0 Å². The first-order valence-corrected chi connectivity index (χ1v) is 7.78. The highest BCUT2D eigenvalue weighted by molar-refractivity contribution is 7.91. The molecule has 0 aromatic carbocycles. The molecule has 0 bridgehead atoms. The molecule has 5 heteroatoms. The Labute approximate surface area is 99.3 Å². The maximum absolute atomic E-state index is 11.5. The average Bonchev–Trinajstić information content (AvgIpc) is 2.20. The Morgan fingerprint density at radius 1 is 1.44 bits per heavy atom. The lowest BCUT2D eigenvalue weighted by molar-refractivity contribution is 0.0770. The minimum Gasteiger partial charge on any atom is -0.311 e. The van der Waals surface area contributed by atoms with Crippen LogP contribution in [0, 0.1) is 0 Å². The molecule has 1 heterocycles. The van der Waals surface area contributed by atoms with Gasteiger partial charge in [-0.2, -0.15) is 0 Å². The summed E-state index contributed by atoms with van der Waals surface area (Å²) in [5.74, 6) is 0.523. The minimum atomic E-state index is -2.85. The van der Waals surface area contributed by atoms with Gasteiger partial charge in [0, 0.05) is 37.0 Å². The van der Waals surface area contributed by atoms with Crippen LogP contribution >= 0.6 is 0 Å². The highest BCUT2D eigenvalue weighted by Gasteiger charge is 2.32. The highest BCUT2D eigenvalue weighted by Crippen LogP contribution is 2.18.